The van der Waals surface area contributed by atoms with Gasteiger partial charge in [0.2, 0.25) is 10.0 Å². The van der Waals surface area contributed by atoms with E-state index >= 15 is 0 Å². The molecule has 5 rings (SSSR count). The predicted octanol–water partition coefficient (Wildman–Crippen LogP) is 2.59. The van der Waals surface area contributed by atoms with Gasteiger partial charge in [0.15, 0.2) is 0 Å². The van der Waals surface area contributed by atoms with Gasteiger partial charge in [-0.05, 0) is 50.5 Å². The van der Waals surface area contributed by atoms with Crippen molar-refractivity contribution in [1.29, 1.82) is 0 Å². The Bertz CT molecular complexity index is 1750. The van der Waals surface area contributed by atoms with E-state index in [4.69, 9.17) is 4.52 Å². The minimum Gasteiger partial charge on any atom is -0.391 e. The van der Waals surface area contributed by atoms with E-state index in [1.54, 1.807) is 20.9 Å². The van der Waals surface area contributed by atoms with E-state index in [1.165, 1.54) is 22.8 Å². The maximum Gasteiger partial charge on any atom is 0.332 e. The maximum atomic E-state index is 13.8. The van der Waals surface area contributed by atoms with E-state index in [2.05, 4.69) is 15.2 Å². The molecule has 0 aliphatic heterocycles. The summed E-state index contributed by atoms with van der Waals surface area (Å²) in [5.41, 5.74) is 0.895. The summed E-state index contributed by atoms with van der Waals surface area (Å²) < 4.78 is 49.9. The summed E-state index contributed by atoms with van der Waals surface area (Å²) >= 11 is 0. The molecule has 0 radical (unpaired) electrons. The maximum absolute atomic E-state index is 13.8. The van der Waals surface area contributed by atoms with Crippen molar-refractivity contribution in [3.63, 3.8) is 0 Å². The van der Waals surface area contributed by atoms with Crippen LogP contribution >= 0.6 is 0 Å². The zero-order chi connectivity index (χ0) is 27.9. The number of allylic oxidation sites excluding steroid dienone is 5. The third kappa shape index (κ3) is 5.01. The summed E-state index contributed by atoms with van der Waals surface area (Å²) in [6.45, 7) is 2.73. The fraction of sp³-hybridized carbons (Fsp3) is 0.370. The number of sulfonamides is 1. The fourth-order valence-corrected chi connectivity index (χ4v) is 6.22. The van der Waals surface area contributed by atoms with Gasteiger partial charge in [0.1, 0.15) is 12.4 Å². The average Bonchev–Trinajstić information content (AvgIpc) is 3.66. The van der Waals surface area contributed by atoms with E-state index in [1.807, 2.05) is 24.3 Å². The number of fused-ring (bicyclic) bond motifs is 1. The van der Waals surface area contributed by atoms with Crippen LogP contribution in [0.15, 0.2) is 72.8 Å². The second kappa shape index (κ2) is 10.1. The molecular weight excluding hydrogens is 525 g/mol. The molecule has 1 aromatic carbocycles. The lowest BCUT2D eigenvalue weighted by Crippen LogP contribution is -2.41. The highest BCUT2D eigenvalue weighted by Crippen LogP contribution is 2.37. The number of hydrogen-bond donors (Lipinski definition) is 2. The molecule has 0 atom stereocenters. The molecule has 0 unspecified atom stereocenters. The second-order valence-corrected chi connectivity index (χ2v) is 11.7. The standard InChI is InChI=1S/C27H30FN5O5S/c1-17-22(18(2)38-30-17)15-32-24-10-9-20(39(36,37)31-27(16-28)11-12-27)13-21(24)25(34)33(26(32)35)14-19-7-5-4-6-8-23(19)29-3/h4-7,9-10,13,29,31H,8,11-12,14-16H2,1-3H3. The first kappa shape index (κ1) is 26.8. The Labute approximate surface area is 224 Å². The van der Waals surface area contributed by atoms with Crippen molar-refractivity contribution < 1.29 is 17.3 Å². The molecular formula is C27H30FN5O5S. The Morgan fingerprint density at radius 2 is 1.90 bits per heavy atom. The monoisotopic (exact) mass is 555 g/mol. The highest BCUT2D eigenvalue weighted by atomic mass is 32.2. The van der Waals surface area contributed by atoms with E-state index in [0.29, 0.717) is 36.3 Å². The van der Waals surface area contributed by atoms with Gasteiger partial charge in [-0.25, -0.2) is 22.3 Å². The molecule has 2 aliphatic carbocycles. The normalized spacial score (nSPS) is 16.6. The summed E-state index contributed by atoms with van der Waals surface area (Å²) in [6, 6.07) is 4.03. The van der Waals surface area contributed by atoms with Crippen molar-refractivity contribution in [3.05, 3.63) is 91.6 Å². The van der Waals surface area contributed by atoms with Gasteiger partial charge >= 0.3 is 5.69 Å². The zero-order valence-electron chi connectivity index (χ0n) is 22.0. The van der Waals surface area contributed by atoms with Gasteiger partial charge in [0.25, 0.3) is 5.56 Å². The number of nitrogens with zero attached hydrogens (tertiary/aromatic N) is 3. The summed E-state index contributed by atoms with van der Waals surface area (Å²) in [6.07, 6.45) is 8.93. The van der Waals surface area contributed by atoms with Crippen LogP contribution in [0.1, 0.15) is 36.3 Å². The van der Waals surface area contributed by atoms with Crippen LogP contribution in [0, 0.1) is 13.8 Å². The molecule has 0 bridgehead atoms. The van der Waals surface area contributed by atoms with Crippen molar-refractivity contribution in [2.24, 2.45) is 0 Å². The number of alkyl halides is 1. The lowest BCUT2D eigenvalue weighted by Gasteiger charge is -2.18. The fourth-order valence-electron chi connectivity index (χ4n) is 4.75. The molecule has 1 saturated carbocycles. The molecule has 2 heterocycles. The molecule has 12 heteroatoms. The number of nitrogens with one attached hydrogen (secondary N) is 2. The SMILES string of the molecule is CNC1=C(Cn2c(=O)c3cc(S(=O)(=O)NC4(CF)CC4)ccc3n(Cc3c(C)noc3C)c2=O)C=CC=CC1. The molecule has 39 heavy (non-hydrogen) atoms. The van der Waals surface area contributed by atoms with Gasteiger partial charge in [0, 0.05) is 24.7 Å². The number of aryl methyl sites for hydroxylation is 2. The molecule has 0 amide bonds. The lowest BCUT2D eigenvalue weighted by molar-refractivity contribution is 0.392. The largest absolute Gasteiger partial charge is 0.391 e. The highest BCUT2D eigenvalue weighted by molar-refractivity contribution is 7.89. The van der Waals surface area contributed by atoms with Crippen molar-refractivity contribution in [2.75, 3.05) is 13.7 Å². The third-order valence-corrected chi connectivity index (χ3v) is 8.92. The van der Waals surface area contributed by atoms with Crippen molar-refractivity contribution in [2.45, 2.75) is 56.6 Å². The Hall–Kier alpha value is -3.77. The van der Waals surface area contributed by atoms with E-state index < -0.39 is 33.5 Å². The number of benzene rings is 1. The van der Waals surface area contributed by atoms with Crippen LogP contribution < -0.4 is 21.3 Å². The minimum absolute atomic E-state index is 0.0241. The molecule has 2 aromatic heterocycles. The molecule has 0 spiro atoms. The van der Waals surface area contributed by atoms with Crippen LogP contribution in [-0.4, -0.2) is 42.0 Å². The first-order chi connectivity index (χ1) is 18.6. The third-order valence-electron chi connectivity index (χ3n) is 7.35. The zero-order valence-corrected chi connectivity index (χ0v) is 22.8. The van der Waals surface area contributed by atoms with Gasteiger partial charge in [-0.15, -0.1) is 0 Å². The smallest absolute Gasteiger partial charge is 0.332 e. The minimum atomic E-state index is -4.11. The molecule has 0 saturated heterocycles. The van der Waals surface area contributed by atoms with Crippen LogP contribution in [0.4, 0.5) is 4.39 Å². The first-order valence-electron chi connectivity index (χ1n) is 12.6. The van der Waals surface area contributed by atoms with Crippen molar-refractivity contribution >= 4 is 20.9 Å². The van der Waals surface area contributed by atoms with Crippen molar-refractivity contribution in [1.82, 2.24) is 24.3 Å². The molecule has 2 N–H and O–H groups in total. The van der Waals surface area contributed by atoms with Crippen LogP contribution in [-0.2, 0) is 23.1 Å². The van der Waals surface area contributed by atoms with Gasteiger partial charge in [-0.2, -0.15) is 0 Å². The molecule has 3 aromatic rings. The number of halogens is 1. The van der Waals surface area contributed by atoms with E-state index in [9.17, 15) is 22.4 Å². The quantitative estimate of drug-likeness (QED) is 0.415. The summed E-state index contributed by atoms with van der Waals surface area (Å²) in [5.74, 6) is 0.535. The Balaban J connectivity index is 1.71. The molecule has 2 aliphatic rings. The van der Waals surface area contributed by atoms with E-state index in [-0.39, 0.29) is 28.9 Å². The summed E-state index contributed by atoms with van der Waals surface area (Å²) in [4.78, 5) is 27.5. The predicted molar refractivity (Wildman–Crippen MR) is 145 cm³/mol. The average molecular weight is 556 g/mol. The number of hydrogen-bond acceptors (Lipinski definition) is 7. The summed E-state index contributed by atoms with van der Waals surface area (Å²) in [5, 5.41) is 7.16. The Morgan fingerprint density at radius 1 is 1.13 bits per heavy atom. The van der Waals surface area contributed by atoms with Gasteiger partial charge < -0.3 is 9.84 Å². The van der Waals surface area contributed by atoms with Gasteiger partial charge in [0.05, 0.1) is 40.1 Å². The van der Waals surface area contributed by atoms with Crippen LogP contribution in [0.3, 0.4) is 0 Å². The molecule has 10 nitrogen and oxygen atoms in total. The Morgan fingerprint density at radius 3 is 2.54 bits per heavy atom. The van der Waals surface area contributed by atoms with Gasteiger partial charge in [-0.3, -0.25) is 13.9 Å². The first-order valence-corrected chi connectivity index (χ1v) is 14.1. The number of aromatic nitrogens is 3. The topological polar surface area (TPSA) is 128 Å². The molecule has 206 valence electrons. The summed E-state index contributed by atoms with van der Waals surface area (Å²) in [7, 11) is -2.34. The van der Waals surface area contributed by atoms with Crippen molar-refractivity contribution in [3.8, 4) is 0 Å². The lowest BCUT2D eigenvalue weighted by atomic mass is 10.1. The van der Waals surface area contributed by atoms with Gasteiger partial charge in [-0.1, -0.05) is 29.5 Å². The van der Waals surface area contributed by atoms with E-state index in [0.717, 1.165) is 15.8 Å². The Kier molecular flexibility index (Phi) is 6.93. The molecule has 1 fully saturated rings. The van der Waals surface area contributed by atoms with Crippen LogP contribution in [0.2, 0.25) is 0 Å². The number of rotatable bonds is 9. The second-order valence-electron chi connectivity index (χ2n) is 10.0. The van der Waals surface area contributed by atoms with Crippen LogP contribution in [0.5, 0.6) is 0 Å². The van der Waals surface area contributed by atoms with Crippen LogP contribution in [0.25, 0.3) is 10.9 Å². The highest BCUT2D eigenvalue weighted by Gasteiger charge is 2.46.